The molecule has 25 heavy (non-hydrogen) atoms. The minimum Gasteiger partial charge on any atom is -0.478 e. The summed E-state index contributed by atoms with van der Waals surface area (Å²) in [6.07, 6.45) is 1.79. The van der Waals surface area contributed by atoms with Crippen molar-refractivity contribution in [2.45, 2.75) is 17.7 Å². The number of carbonyl (C=O) groups excluding carboxylic acids is 1. The number of benzene rings is 1. The number of carboxylic acid groups (broad SMARTS) is 1. The Hall–Kier alpha value is -1.95. The molecule has 1 aromatic rings. The highest BCUT2D eigenvalue weighted by Gasteiger charge is 2.49. The molecule has 0 fully saturated rings. The molecule has 1 unspecified atom stereocenters. The molecule has 0 aliphatic carbocycles. The van der Waals surface area contributed by atoms with Crippen LogP contribution in [0.15, 0.2) is 18.2 Å². The van der Waals surface area contributed by atoms with Gasteiger partial charge in [0.25, 0.3) is 5.91 Å². The van der Waals surface area contributed by atoms with Gasteiger partial charge in [-0.25, -0.2) is 4.79 Å². The Bertz CT molecular complexity index is 764. The number of carboxylic acids is 1. The molecule has 0 radical (unpaired) electrons. The van der Waals surface area contributed by atoms with E-state index in [-0.39, 0.29) is 11.8 Å². The van der Waals surface area contributed by atoms with Crippen molar-refractivity contribution in [1.82, 2.24) is 5.32 Å². The number of halogens is 3. The number of hydrogen-bond acceptors (Lipinski definition) is 6. The summed E-state index contributed by atoms with van der Waals surface area (Å²) in [7, 11) is -6.08. The monoisotopic (exact) mass is 401 g/mol. The first-order valence-electron chi connectivity index (χ1n) is 6.58. The number of rotatable bonds is 7. The van der Waals surface area contributed by atoms with Crippen LogP contribution in [-0.4, -0.2) is 49.0 Å². The van der Waals surface area contributed by atoms with E-state index in [1.165, 1.54) is 11.8 Å². The lowest BCUT2D eigenvalue weighted by atomic mass is 10.1. The number of aromatic carboxylic acids is 1. The van der Waals surface area contributed by atoms with Crippen LogP contribution >= 0.6 is 11.8 Å². The molecule has 7 nitrogen and oxygen atoms in total. The second-order valence-electron chi connectivity index (χ2n) is 4.72. The first-order valence-corrected chi connectivity index (χ1v) is 9.28. The Labute approximate surface area is 145 Å². The van der Waals surface area contributed by atoms with Crippen LogP contribution < -0.4 is 9.50 Å². The summed E-state index contributed by atoms with van der Waals surface area (Å²) in [5.41, 5.74) is -7.24. The summed E-state index contributed by atoms with van der Waals surface area (Å²) >= 11 is 1.43. The molecule has 12 heteroatoms. The quantitative estimate of drug-likeness (QED) is 0.532. The number of thioether (sulfide) groups is 1. The molecule has 1 aromatic carbocycles. The predicted octanol–water partition coefficient (Wildman–Crippen LogP) is 2.09. The molecule has 140 valence electrons. The Morgan fingerprint density at radius 3 is 2.44 bits per heavy atom. The van der Waals surface area contributed by atoms with E-state index in [9.17, 15) is 36.3 Å². The third kappa shape index (κ3) is 5.26. The third-order valence-corrected chi connectivity index (χ3v) is 4.86. The maximum atomic E-state index is 12.4. The van der Waals surface area contributed by atoms with Crippen molar-refractivity contribution in [2.24, 2.45) is 0 Å². The number of nitrogens with one attached hydrogen (secondary N) is 1. The SMILES string of the molecule is CSC(C)CNC(=O)c1cccc(OS(=O)(=O)C(F)(F)F)c1C(=O)O. The van der Waals surface area contributed by atoms with E-state index in [2.05, 4.69) is 9.50 Å². The van der Waals surface area contributed by atoms with Crippen LogP contribution in [0.5, 0.6) is 5.75 Å². The van der Waals surface area contributed by atoms with E-state index in [0.717, 1.165) is 12.1 Å². The van der Waals surface area contributed by atoms with Crippen LogP contribution in [0.4, 0.5) is 13.2 Å². The molecule has 1 atom stereocenters. The molecule has 0 aliphatic heterocycles. The first-order chi connectivity index (χ1) is 11.4. The highest BCUT2D eigenvalue weighted by molar-refractivity contribution is 7.99. The van der Waals surface area contributed by atoms with Crippen molar-refractivity contribution in [1.29, 1.82) is 0 Å². The fraction of sp³-hybridized carbons (Fsp3) is 0.385. The van der Waals surface area contributed by atoms with Gasteiger partial charge in [-0.1, -0.05) is 13.0 Å². The smallest absolute Gasteiger partial charge is 0.478 e. The van der Waals surface area contributed by atoms with Crippen LogP contribution in [0.2, 0.25) is 0 Å². The Kier molecular flexibility index (Phi) is 6.71. The van der Waals surface area contributed by atoms with Crippen molar-refractivity contribution in [3.05, 3.63) is 29.3 Å². The van der Waals surface area contributed by atoms with E-state index in [1.54, 1.807) is 13.2 Å². The number of hydrogen-bond donors (Lipinski definition) is 2. The molecular formula is C13H14F3NO6S2. The average molecular weight is 401 g/mol. The maximum Gasteiger partial charge on any atom is 0.534 e. The van der Waals surface area contributed by atoms with Gasteiger partial charge in [0.15, 0.2) is 5.75 Å². The van der Waals surface area contributed by atoms with Crippen molar-refractivity contribution >= 4 is 33.8 Å². The zero-order chi connectivity index (χ0) is 19.4. The summed E-state index contributed by atoms with van der Waals surface area (Å²) < 4.78 is 63.3. The number of carbonyl (C=O) groups is 2. The van der Waals surface area contributed by atoms with Gasteiger partial charge in [-0.3, -0.25) is 4.79 Å². The summed E-state index contributed by atoms with van der Waals surface area (Å²) in [6.45, 7) is 1.96. The lowest BCUT2D eigenvalue weighted by Gasteiger charge is -2.14. The first kappa shape index (κ1) is 21.1. The topological polar surface area (TPSA) is 110 Å². The number of alkyl halides is 3. The maximum absolute atomic E-state index is 12.4. The fourth-order valence-electron chi connectivity index (χ4n) is 1.59. The highest BCUT2D eigenvalue weighted by Crippen LogP contribution is 2.30. The lowest BCUT2D eigenvalue weighted by molar-refractivity contribution is -0.0500. The van der Waals surface area contributed by atoms with E-state index < -0.39 is 44.4 Å². The fourth-order valence-corrected chi connectivity index (χ4v) is 2.31. The van der Waals surface area contributed by atoms with Gasteiger partial charge in [-0.15, -0.1) is 0 Å². The van der Waals surface area contributed by atoms with Crippen molar-refractivity contribution in [2.75, 3.05) is 12.8 Å². The van der Waals surface area contributed by atoms with Crippen molar-refractivity contribution < 1.29 is 40.5 Å². The van der Waals surface area contributed by atoms with Crippen molar-refractivity contribution in [3.63, 3.8) is 0 Å². The van der Waals surface area contributed by atoms with Crippen LogP contribution in [-0.2, 0) is 10.1 Å². The third-order valence-electron chi connectivity index (χ3n) is 2.92. The molecule has 0 heterocycles. The summed E-state index contributed by atoms with van der Waals surface area (Å²) in [5, 5.41) is 11.6. The van der Waals surface area contributed by atoms with E-state index >= 15 is 0 Å². The number of amides is 1. The van der Waals surface area contributed by atoms with Gasteiger partial charge in [0.1, 0.15) is 5.56 Å². The van der Waals surface area contributed by atoms with Crippen LogP contribution in [0.3, 0.4) is 0 Å². The van der Waals surface area contributed by atoms with Gasteiger partial charge >= 0.3 is 21.6 Å². The molecule has 1 rings (SSSR count). The molecule has 1 amide bonds. The van der Waals surface area contributed by atoms with E-state index in [4.69, 9.17) is 0 Å². The van der Waals surface area contributed by atoms with Crippen molar-refractivity contribution in [3.8, 4) is 5.75 Å². The summed E-state index contributed by atoms with van der Waals surface area (Å²) in [4.78, 5) is 23.4. The lowest BCUT2D eigenvalue weighted by Crippen LogP contribution is -2.31. The minimum atomic E-state index is -6.08. The van der Waals surface area contributed by atoms with Crippen LogP contribution in [0, 0.1) is 0 Å². The normalized spacial score (nSPS) is 13.2. The summed E-state index contributed by atoms with van der Waals surface area (Å²) in [6, 6.07) is 2.77. The van der Waals surface area contributed by atoms with Gasteiger partial charge in [-0.05, 0) is 18.4 Å². The zero-order valence-electron chi connectivity index (χ0n) is 13.0. The molecule has 0 saturated heterocycles. The Morgan fingerprint density at radius 1 is 1.36 bits per heavy atom. The molecular weight excluding hydrogens is 387 g/mol. The Morgan fingerprint density at radius 2 is 1.96 bits per heavy atom. The van der Waals surface area contributed by atoms with Gasteiger partial charge in [0, 0.05) is 11.8 Å². The van der Waals surface area contributed by atoms with Gasteiger partial charge in [0.05, 0.1) is 5.56 Å². The molecule has 0 bridgehead atoms. The highest BCUT2D eigenvalue weighted by atomic mass is 32.2. The molecule has 0 aromatic heterocycles. The van der Waals surface area contributed by atoms with Gasteiger partial charge < -0.3 is 14.6 Å². The zero-order valence-corrected chi connectivity index (χ0v) is 14.6. The molecule has 0 saturated carbocycles. The Balaban J connectivity index is 3.27. The average Bonchev–Trinajstić information content (AvgIpc) is 2.50. The molecule has 0 aliphatic rings. The van der Waals surface area contributed by atoms with Crippen LogP contribution in [0.25, 0.3) is 0 Å². The van der Waals surface area contributed by atoms with E-state index in [1.807, 2.05) is 0 Å². The second-order valence-corrected chi connectivity index (χ2v) is 7.54. The van der Waals surface area contributed by atoms with Gasteiger partial charge in [0.2, 0.25) is 0 Å². The summed E-state index contributed by atoms with van der Waals surface area (Å²) in [5.74, 6) is -3.79. The van der Waals surface area contributed by atoms with Gasteiger partial charge in [-0.2, -0.15) is 33.4 Å². The largest absolute Gasteiger partial charge is 0.534 e. The van der Waals surface area contributed by atoms with Crippen LogP contribution in [0.1, 0.15) is 27.6 Å². The second kappa shape index (κ2) is 7.95. The predicted molar refractivity (Wildman–Crippen MR) is 84.3 cm³/mol. The van der Waals surface area contributed by atoms with E-state index in [0.29, 0.717) is 6.07 Å². The molecule has 0 spiro atoms. The standard InChI is InChI=1S/C13H14F3NO6S2/c1-7(24-2)6-17-11(18)8-4-3-5-9(10(8)12(19)20)23-25(21,22)13(14,15)16/h3-5,7H,6H2,1-2H3,(H,17,18)(H,19,20). The molecule has 2 N–H and O–H groups in total. The minimum absolute atomic E-state index is 0.00210.